The van der Waals surface area contributed by atoms with E-state index < -0.39 is 12.2 Å². The smallest absolute Gasteiger partial charge is 0.412 e. The Labute approximate surface area is 112 Å². The average Bonchev–Trinajstić information content (AvgIpc) is 2.44. The summed E-state index contributed by atoms with van der Waals surface area (Å²) >= 11 is 0. The van der Waals surface area contributed by atoms with Crippen LogP contribution in [-0.2, 0) is 4.74 Å². The van der Waals surface area contributed by atoms with Crippen LogP contribution in [0.5, 0.6) is 5.75 Å². The van der Waals surface area contributed by atoms with Gasteiger partial charge < -0.3 is 20.1 Å². The molecule has 2 amide bonds. The number of hydrogen-bond acceptors (Lipinski definition) is 4. The van der Waals surface area contributed by atoms with Gasteiger partial charge >= 0.3 is 12.2 Å². The Morgan fingerprint density at radius 1 is 1.21 bits per heavy atom. The molecular weight excluding hydrogens is 248 g/mol. The predicted octanol–water partition coefficient (Wildman–Crippen LogP) is 1.91. The van der Waals surface area contributed by atoms with E-state index in [1.165, 1.54) is 7.11 Å². The van der Waals surface area contributed by atoms with Gasteiger partial charge in [-0.15, -0.1) is 0 Å². The second-order valence-corrected chi connectivity index (χ2v) is 3.82. The van der Waals surface area contributed by atoms with Crippen LogP contribution in [0, 0.1) is 0 Å². The molecule has 1 atom stereocenters. The number of carbonyl (C=O) groups is 2. The van der Waals surface area contributed by atoms with Gasteiger partial charge in [-0.3, -0.25) is 0 Å². The molecule has 19 heavy (non-hydrogen) atoms. The molecule has 0 aromatic heterocycles. The minimum absolute atomic E-state index is 0.198. The molecule has 0 radical (unpaired) electrons. The van der Waals surface area contributed by atoms with E-state index >= 15 is 0 Å². The van der Waals surface area contributed by atoms with E-state index in [4.69, 9.17) is 4.74 Å². The summed E-state index contributed by atoms with van der Waals surface area (Å²) in [4.78, 5) is 22.6. The van der Waals surface area contributed by atoms with E-state index in [1.54, 1.807) is 24.3 Å². The molecule has 0 fully saturated rings. The van der Waals surface area contributed by atoms with Crippen LogP contribution >= 0.6 is 0 Å². The molecule has 0 aliphatic carbocycles. The van der Waals surface area contributed by atoms with Gasteiger partial charge in [-0.1, -0.05) is 25.1 Å². The van der Waals surface area contributed by atoms with Crippen LogP contribution in [0.2, 0.25) is 0 Å². The highest BCUT2D eigenvalue weighted by Gasteiger charge is 2.12. The second kappa shape index (κ2) is 7.97. The summed E-state index contributed by atoms with van der Waals surface area (Å²) in [5.41, 5.74) is 0. The Balaban J connectivity index is 2.34. The van der Waals surface area contributed by atoms with E-state index in [0.717, 1.165) is 0 Å². The van der Waals surface area contributed by atoms with Gasteiger partial charge in [-0.05, 0) is 18.6 Å². The summed E-state index contributed by atoms with van der Waals surface area (Å²) in [6.45, 7) is 2.17. The first-order chi connectivity index (χ1) is 9.15. The molecule has 1 aromatic carbocycles. The van der Waals surface area contributed by atoms with Crippen LogP contribution in [0.1, 0.15) is 13.3 Å². The maximum atomic E-state index is 11.5. The highest BCUT2D eigenvalue weighted by Crippen LogP contribution is 2.08. The van der Waals surface area contributed by atoms with Gasteiger partial charge in [-0.25, -0.2) is 9.59 Å². The number of rotatable bonds is 5. The van der Waals surface area contributed by atoms with E-state index in [9.17, 15) is 9.59 Å². The van der Waals surface area contributed by atoms with Crippen LogP contribution in [-0.4, -0.2) is 31.9 Å². The third-order valence-electron chi connectivity index (χ3n) is 2.45. The maximum absolute atomic E-state index is 11.5. The standard InChI is InChI=1S/C13H18N2O4/c1-3-10(15-13(17)18-2)9-14-12(16)19-11-7-5-4-6-8-11/h4-8,10H,3,9H2,1-2H3,(H,14,16)(H,15,17). The molecule has 0 aliphatic rings. The number of ether oxygens (including phenoxy) is 2. The third kappa shape index (κ3) is 5.76. The maximum Gasteiger partial charge on any atom is 0.412 e. The Hall–Kier alpha value is -2.24. The van der Waals surface area contributed by atoms with Gasteiger partial charge in [0.25, 0.3) is 0 Å². The molecule has 0 saturated heterocycles. The van der Waals surface area contributed by atoms with Gasteiger partial charge in [0, 0.05) is 12.6 Å². The summed E-state index contributed by atoms with van der Waals surface area (Å²) in [5.74, 6) is 0.467. The molecule has 1 rings (SSSR count). The molecule has 0 heterocycles. The van der Waals surface area contributed by atoms with Crippen molar-refractivity contribution in [3.8, 4) is 5.75 Å². The molecule has 1 unspecified atom stereocenters. The SMILES string of the molecule is CCC(CNC(=O)Oc1ccccc1)NC(=O)OC. The molecule has 2 N–H and O–H groups in total. The summed E-state index contributed by atoms with van der Waals surface area (Å²) in [6.07, 6.45) is -0.415. The number of carbonyl (C=O) groups excluding carboxylic acids is 2. The number of methoxy groups -OCH3 is 1. The van der Waals surface area contributed by atoms with Crippen molar-refractivity contribution < 1.29 is 19.1 Å². The van der Waals surface area contributed by atoms with Crippen LogP contribution in [0.15, 0.2) is 30.3 Å². The monoisotopic (exact) mass is 266 g/mol. The first kappa shape index (κ1) is 14.8. The van der Waals surface area contributed by atoms with Gasteiger partial charge in [0.2, 0.25) is 0 Å². The van der Waals surface area contributed by atoms with Crippen molar-refractivity contribution >= 4 is 12.2 Å². The summed E-state index contributed by atoms with van der Waals surface area (Å²) in [5, 5.41) is 5.18. The third-order valence-corrected chi connectivity index (χ3v) is 2.45. The van der Waals surface area contributed by atoms with Crippen molar-refractivity contribution in [2.24, 2.45) is 0 Å². The quantitative estimate of drug-likeness (QED) is 0.853. The van der Waals surface area contributed by atoms with Crippen molar-refractivity contribution in [1.29, 1.82) is 0 Å². The number of amides is 2. The molecular formula is C13H18N2O4. The van der Waals surface area contributed by atoms with Gasteiger partial charge in [0.1, 0.15) is 5.75 Å². The summed E-state index contributed by atoms with van der Waals surface area (Å²) in [7, 11) is 1.29. The lowest BCUT2D eigenvalue weighted by Gasteiger charge is -2.16. The first-order valence-corrected chi connectivity index (χ1v) is 6.01. The second-order valence-electron chi connectivity index (χ2n) is 3.82. The van der Waals surface area contributed by atoms with Crippen molar-refractivity contribution in [3.05, 3.63) is 30.3 Å². The topological polar surface area (TPSA) is 76.7 Å². The van der Waals surface area contributed by atoms with Gasteiger partial charge in [-0.2, -0.15) is 0 Å². The highest BCUT2D eigenvalue weighted by atomic mass is 16.6. The molecule has 6 nitrogen and oxygen atoms in total. The minimum Gasteiger partial charge on any atom is -0.453 e. The molecule has 0 bridgehead atoms. The summed E-state index contributed by atoms with van der Waals surface area (Å²) < 4.78 is 9.54. The van der Waals surface area contributed by atoms with Crippen LogP contribution in [0.4, 0.5) is 9.59 Å². The van der Waals surface area contributed by atoms with Gasteiger partial charge in [0.15, 0.2) is 0 Å². The number of nitrogens with one attached hydrogen (secondary N) is 2. The molecule has 1 aromatic rings. The molecule has 0 aliphatic heterocycles. The lowest BCUT2D eigenvalue weighted by molar-refractivity contribution is 0.164. The van der Waals surface area contributed by atoms with E-state index in [-0.39, 0.29) is 12.6 Å². The lowest BCUT2D eigenvalue weighted by atomic mass is 10.2. The number of alkyl carbamates (subject to hydrolysis) is 1. The molecule has 6 heteroatoms. The molecule has 0 spiro atoms. The number of benzene rings is 1. The van der Waals surface area contributed by atoms with Crippen molar-refractivity contribution in [2.45, 2.75) is 19.4 Å². The Morgan fingerprint density at radius 2 is 1.89 bits per heavy atom. The molecule has 104 valence electrons. The first-order valence-electron chi connectivity index (χ1n) is 6.01. The zero-order chi connectivity index (χ0) is 14.1. The van der Waals surface area contributed by atoms with Crippen LogP contribution in [0.25, 0.3) is 0 Å². The average molecular weight is 266 g/mol. The Kier molecular flexibility index (Phi) is 6.21. The fourth-order valence-electron chi connectivity index (χ4n) is 1.36. The Bertz CT molecular complexity index is 408. The normalized spacial score (nSPS) is 11.3. The fourth-order valence-corrected chi connectivity index (χ4v) is 1.36. The zero-order valence-electron chi connectivity index (χ0n) is 11.0. The largest absolute Gasteiger partial charge is 0.453 e. The Morgan fingerprint density at radius 3 is 2.47 bits per heavy atom. The molecule has 0 saturated carbocycles. The van der Waals surface area contributed by atoms with Gasteiger partial charge in [0.05, 0.1) is 7.11 Å². The number of hydrogen-bond donors (Lipinski definition) is 2. The van der Waals surface area contributed by atoms with Crippen molar-refractivity contribution in [1.82, 2.24) is 10.6 Å². The lowest BCUT2D eigenvalue weighted by Crippen LogP contribution is -2.43. The van der Waals surface area contributed by atoms with Crippen molar-refractivity contribution in [2.75, 3.05) is 13.7 Å². The van der Waals surface area contributed by atoms with Crippen LogP contribution in [0.3, 0.4) is 0 Å². The highest BCUT2D eigenvalue weighted by molar-refractivity contribution is 5.70. The van der Waals surface area contributed by atoms with E-state index in [0.29, 0.717) is 12.2 Å². The summed E-state index contributed by atoms with van der Waals surface area (Å²) in [6, 6.07) is 8.55. The van der Waals surface area contributed by atoms with E-state index in [1.807, 2.05) is 13.0 Å². The predicted molar refractivity (Wildman–Crippen MR) is 70.1 cm³/mol. The van der Waals surface area contributed by atoms with Crippen molar-refractivity contribution in [3.63, 3.8) is 0 Å². The zero-order valence-corrected chi connectivity index (χ0v) is 11.0. The van der Waals surface area contributed by atoms with Crippen LogP contribution < -0.4 is 15.4 Å². The number of para-hydroxylation sites is 1. The van der Waals surface area contributed by atoms with E-state index in [2.05, 4.69) is 15.4 Å². The fraction of sp³-hybridized carbons (Fsp3) is 0.385. The minimum atomic E-state index is -0.559.